The number of aromatic nitrogens is 3. The van der Waals surface area contributed by atoms with Gasteiger partial charge in [0.15, 0.2) is 16.6 Å². The van der Waals surface area contributed by atoms with Gasteiger partial charge in [-0.05, 0) is 81.2 Å². The monoisotopic (exact) mass is 1080 g/mol. The molecule has 0 saturated carbocycles. The van der Waals surface area contributed by atoms with E-state index in [9.17, 15) is 46.9 Å². The SMILES string of the molecule is CCCCOc1cc(C(=O)NCCN2CC[C@@H](c3cc(C(=O)NC[C@@H]4[C@H](NC(=O)/C(=N\OC(C)(C)C(=O)OC(C)(C)C)c5csc(NC(=O)OC(C)(C)C)n5)C(=O)N4S(=O)(=O)O)on3)C2)[n+]([O-])cc1OCCCC. The van der Waals surface area contributed by atoms with Crippen LogP contribution in [-0.2, 0) is 39.0 Å². The van der Waals surface area contributed by atoms with E-state index >= 15 is 0 Å². The van der Waals surface area contributed by atoms with Crippen molar-refractivity contribution < 1.29 is 74.8 Å². The molecule has 3 aromatic rings. The summed E-state index contributed by atoms with van der Waals surface area (Å²) in [5.74, 6) is -4.64. The molecule has 0 unspecified atom stereocenters. The van der Waals surface area contributed by atoms with Crippen molar-refractivity contribution in [3.8, 4) is 11.5 Å². The molecule has 5 N–H and O–H groups in total. The van der Waals surface area contributed by atoms with Gasteiger partial charge in [0.1, 0.15) is 22.9 Å². The average Bonchev–Trinajstić information content (AvgIpc) is 4.08. The number of nitrogens with one attached hydrogen (secondary N) is 4. The number of anilines is 1. The zero-order valence-corrected chi connectivity index (χ0v) is 44.7. The van der Waals surface area contributed by atoms with Crippen LogP contribution in [-0.4, -0.2) is 149 Å². The number of rotatable bonds is 24. The summed E-state index contributed by atoms with van der Waals surface area (Å²) < 4.78 is 62.8. The Kier molecular flexibility index (Phi) is 19.4. The minimum atomic E-state index is -5.22. The highest BCUT2D eigenvalue weighted by Crippen LogP contribution is 2.30. The maximum Gasteiger partial charge on any atom is 0.413 e. The molecule has 0 aromatic carbocycles. The van der Waals surface area contributed by atoms with E-state index in [0.717, 1.165) is 37.0 Å². The minimum Gasteiger partial charge on any atom is -0.618 e. The molecule has 2 saturated heterocycles. The zero-order valence-electron chi connectivity index (χ0n) is 43.1. The van der Waals surface area contributed by atoms with Crippen LogP contribution in [0.5, 0.6) is 11.5 Å². The third kappa shape index (κ3) is 16.2. The van der Waals surface area contributed by atoms with E-state index in [1.54, 1.807) is 41.5 Å². The van der Waals surface area contributed by atoms with E-state index in [2.05, 4.69) is 41.5 Å². The largest absolute Gasteiger partial charge is 0.618 e. The molecule has 28 heteroatoms. The second kappa shape index (κ2) is 24.6. The van der Waals surface area contributed by atoms with Gasteiger partial charge in [-0.2, -0.15) is 13.1 Å². The molecule has 26 nitrogen and oxygen atoms in total. The summed E-state index contributed by atoms with van der Waals surface area (Å²) in [6, 6.07) is -0.486. The molecule has 0 aliphatic carbocycles. The van der Waals surface area contributed by atoms with Crippen LogP contribution in [0.1, 0.15) is 140 Å². The number of oxime groups is 1. The first-order valence-corrected chi connectivity index (χ1v) is 26.2. The lowest BCUT2D eigenvalue weighted by molar-refractivity contribution is -0.608. The Morgan fingerprint density at radius 2 is 1.62 bits per heavy atom. The number of unbranched alkanes of at least 4 members (excludes halogenated alkanes) is 2. The molecule has 0 radical (unpaired) electrons. The summed E-state index contributed by atoms with van der Waals surface area (Å²) in [4.78, 5) is 90.9. The zero-order chi connectivity index (χ0) is 54.8. The van der Waals surface area contributed by atoms with Gasteiger partial charge in [0.05, 0.1) is 31.0 Å². The van der Waals surface area contributed by atoms with Crippen LogP contribution < -0.4 is 35.5 Å². The second-order valence-corrected chi connectivity index (χ2v) is 22.0. The second-order valence-electron chi connectivity index (χ2n) is 19.8. The average molecular weight is 1080 g/mol. The van der Waals surface area contributed by atoms with Crippen molar-refractivity contribution in [2.45, 2.75) is 136 Å². The standard InChI is InChI=1S/C46H66N10O16S2/c1-11-13-19-67-32-22-30(55(63)25-34(32)68-20-14-12-2)37(57)47-16-18-54-17-15-27(24-54)28-21-33(71-52-28)38(58)48-23-31-36(40(60)56(31)74(64,65)66)50-39(59)35(53-72-46(9,10)41(61)69-44(3,4)5)29-26-73-42(49-29)51-43(62)70-45(6,7)8/h21-22,25-27,31,36H,11-20,23-24H2,1-10H3,(H,47,57)(H,48,58)(H,50,59)(H,49,51,62)(H,64,65,66)/b53-35-/t27-,31-,36+/m1/s1. The minimum absolute atomic E-state index is 0.0462. The fourth-order valence-corrected chi connectivity index (χ4v) is 8.67. The topological polar surface area (TPSA) is 336 Å². The lowest BCUT2D eigenvalue weighted by Gasteiger charge is -2.44. The Hall–Kier alpha value is -6.65. The third-order valence-electron chi connectivity index (χ3n) is 10.9. The quantitative estimate of drug-likeness (QED) is 0.0125. The first kappa shape index (κ1) is 58.2. The lowest BCUT2D eigenvalue weighted by atomic mass is 9.98. The summed E-state index contributed by atoms with van der Waals surface area (Å²) in [6.07, 6.45) is 4.31. The predicted molar refractivity (Wildman–Crippen MR) is 265 cm³/mol. The van der Waals surface area contributed by atoms with E-state index < -0.39 is 87.1 Å². The highest BCUT2D eigenvalue weighted by Gasteiger charge is 2.54. The molecule has 74 heavy (non-hydrogen) atoms. The number of hydrogen-bond donors (Lipinski definition) is 5. The number of β-lactam (4-membered cyclic amide) rings is 1. The number of thiazole rings is 1. The van der Waals surface area contributed by atoms with Crippen LogP contribution in [0.15, 0.2) is 33.4 Å². The summed E-state index contributed by atoms with van der Waals surface area (Å²) in [5.41, 5.74) is -4.14. The molecule has 3 aromatic heterocycles. The summed E-state index contributed by atoms with van der Waals surface area (Å²) in [7, 11) is -5.22. The summed E-state index contributed by atoms with van der Waals surface area (Å²) in [6.45, 7) is 18.4. The van der Waals surface area contributed by atoms with Gasteiger partial charge in [-0.25, -0.2) is 18.9 Å². The van der Waals surface area contributed by atoms with Crippen molar-refractivity contribution in [2.24, 2.45) is 5.16 Å². The molecule has 0 spiro atoms. The number of carbonyl (C=O) groups excluding carboxylic acids is 6. The molecule has 2 fully saturated rings. The molecule has 2 aliphatic heterocycles. The molecule has 2 aliphatic rings. The van der Waals surface area contributed by atoms with Gasteiger partial charge >= 0.3 is 28.3 Å². The molecule has 5 rings (SSSR count). The van der Waals surface area contributed by atoms with Crippen molar-refractivity contribution in [1.29, 1.82) is 0 Å². The fourth-order valence-electron chi connectivity index (χ4n) is 7.11. The van der Waals surface area contributed by atoms with Gasteiger partial charge < -0.3 is 54.4 Å². The van der Waals surface area contributed by atoms with Crippen LogP contribution in [0.3, 0.4) is 0 Å². The number of amides is 5. The molecule has 0 bridgehead atoms. The van der Waals surface area contributed by atoms with E-state index in [1.807, 2.05) is 13.8 Å². The van der Waals surface area contributed by atoms with Crippen molar-refractivity contribution >= 4 is 68.2 Å². The number of hydrogen-bond acceptors (Lipinski definition) is 20. The Balaban J connectivity index is 1.21. The van der Waals surface area contributed by atoms with Crippen molar-refractivity contribution in [3.05, 3.63) is 51.8 Å². The Bertz CT molecular complexity index is 2660. The highest BCUT2D eigenvalue weighted by molar-refractivity contribution is 7.84. The summed E-state index contributed by atoms with van der Waals surface area (Å²) >= 11 is 0.856. The molecule has 3 atom stereocenters. The maximum atomic E-state index is 14.0. The number of pyridine rings is 1. The van der Waals surface area contributed by atoms with Gasteiger partial charge in [-0.15, -0.1) is 11.3 Å². The number of esters is 1. The van der Waals surface area contributed by atoms with Gasteiger partial charge in [-0.3, -0.25) is 29.0 Å². The maximum absolute atomic E-state index is 14.0. The first-order valence-electron chi connectivity index (χ1n) is 24.0. The smallest absolute Gasteiger partial charge is 0.413 e. The van der Waals surface area contributed by atoms with Crippen LogP contribution in [0.25, 0.3) is 0 Å². The highest BCUT2D eigenvalue weighted by atomic mass is 32.2. The molecule has 408 valence electrons. The molecular weight excluding hydrogens is 1010 g/mol. The van der Waals surface area contributed by atoms with Crippen molar-refractivity contribution in [2.75, 3.05) is 51.3 Å². The number of nitrogens with zero attached hydrogens (tertiary/aromatic N) is 6. The Morgan fingerprint density at radius 3 is 2.26 bits per heavy atom. The number of likely N-dealkylation sites (tertiary alicyclic amines) is 1. The van der Waals surface area contributed by atoms with E-state index in [-0.39, 0.29) is 44.8 Å². The number of carbonyl (C=O) groups is 6. The van der Waals surface area contributed by atoms with E-state index in [1.165, 1.54) is 37.6 Å². The Morgan fingerprint density at radius 1 is 0.959 bits per heavy atom. The normalized spacial score (nSPS) is 17.5. The van der Waals surface area contributed by atoms with Gasteiger partial charge in [0.2, 0.25) is 23.3 Å². The fraction of sp³-hybridized carbons (Fsp3) is 0.609. The van der Waals surface area contributed by atoms with Crippen LogP contribution >= 0.6 is 11.3 Å². The van der Waals surface area contributed by atoms with Crippen molar-refractivity contribution in [3.63, 3.8) is 0 Å². The Labute approximate surface area is 432 Å². The summed E-state index contributed by atoms with van der Waals surface area (Å²) in [5, 5.41) is 32.1. The van der Waals surface area contributed by atoms with Gasteiger partial charge in [-0.1, -0.05) is 37.0 Å². The van der Waals surface area contributed by atoms with E-state index in [4.69, 9.17) is 28.3 Å². The van der Waals surface area contributed by atoms with Crippen molar-refractivity contribution in [1.82, 2.24) is 35.3 Å². The molecule has 5 heterocycles. The predicted octanol–water partition coefficient (Wildman–Crippen LogP) is 3.46. The first-order chi connectivity index (χ1) is 34.6. The van der Waals surface area contributed by atoms with Crippen LogP contribution in [0.4, 0.5) is 9.93 Å². The van der Waals surface area contributed by atoms with E-state index in [0.29, 0.717) is 55.4 Å². The van der Waals surface area contributed by atoms with Crippen LogP contribution in [0.2, 0.25) is 0 Å². The van der Waals surface area contributed by atoms with Gasteiger partial charge in [0.25, 0.3) is 23.4 Å². The number of ether oxygens (including phenoxy) is 4. The van der Waals surface area contributed by atoms with Gasteiger partial charge in [0, 0.05) is 43.5 Å². The molecule has 5 amide bonds. The third-order valence-corrected chi connectivity index (χ3v) is 12.6. The van der Waals surface area contributed by atoms with Crippen LogP contribution in [0, 0.1) is 5.21 Å². The molecular formula is C46H66N10O16S2. The lowest BCUT2D eigenvalue weighted by Crippen LogP contribution is -2.74.